The first kappa shape index (κ1) is 16.1. The van der Waals surface area contributed by atoms with Gasteiger partial charge in [-0.05, 0) is 25.1 Å². The molecule has 0 spiro atoms. The predicted octanol–water partition coefficient (Wildman–Crippen LogP) is 3.60. The van der Waals surface area contributed by atoms with Gasteiger partial charge < -0.3 is 9.64 Å². The lowest BCUT2D eigenvalue weighted by atomic mass is 10.2. The van der Waals surface area contributed by atoms with E-state index in [1.807, 2.05) is 24.8 Å². The molecule has 0 aliphatic carbocycles. The highest BCUT2D eigenvalue weighted by Crippen LogP contribution is 2.21. The molecule has 4 nitrogen and oxygen atoms in total. The van der Waals surface area contributed by atoms with E-state index in [0.717, 1.165) is 12.2 Å². The number of anilines is 2. The van der Waals surface area contributed by atoms with E-state index < -0.39 is 0 Å². The topological polar surface area (TPSA) is 38.2 Å². The van der Waals surface area contributed by atoms with Gasteiger partial charge in [-0.2, -0.15) is 0 Å². The summed E-state index contributed by atoms with van der Waals surface area (Å²) in [6, 6.07) is 10.1. The Kier molecular flexibility index (Phi) is 7.29. The highest BCUT2D eigenvalue weighted by molar-refractivity contribution is 5.57. The van der Waals surface area contributed by atoms with Gasteiger partial charge >= 0.3 is 0 Å². The molecule has 0 bridgehead atoms. The van der Waals surface area contributed by atoms with Crippen molar-refractivity contribution in [2.45, 2.75) is 20.8 Å². The van der Waals surface area contributed by atoms with E-state index in [-0.39, 0.29) is 0 Å². The van der Waals surface area contributed by atoms with E-state index in [2.05, 4.69) is 41.2 Å². The molecule has 0 radical (unpaired) electrons. The van der Waals surface area contributed by atoms with Crippen LogP contribution >= 0.6 is 0 Å². The average Bonchev–Trinajstić information content (AvgIpc) is 2.52. The van der Waals surface area contributed by atoms with Crippen LogP contribution in [0.2, 0.25) is 0 Å². The molecule has 2 aromatic rings. The number of benzene rings is 1. The minimum Gasteiger partial charge on any atom is -0.383 e. The van der Waals surface area contributed by atoms with E-state index in [1.165, 1.54) is 5.56 Å². The highest BCUT2D eigenvalue weighted by Gasteiger charge is 2.10. The van der Waals surface area contributed by atoms with Gasteiger partial charge in [0, 0.05) is 31.7 Å². The summed E-state index contributed by atoms with van der Waals surface area (Å²) in [5.74, 6) is 0.693. The summed E-state index contributed by atoms with van der Waals surface area (Å²) in [7, 11) is 1.69. The Hall–Kier alpha value is -1.94. The van der Waals surface area contributed by atoms with Crippen LogP contribution in [0.5, 0.6) is 0 Å². The zero-order valence-electron chi connectivity index (χ0n) is 12.7. The van der Waals surface area contributed by atoms with E-state index >= 15 is 0 Å². The maximum Gasteiger partial charge on any atom is 0.229 e. The lowest BCUT2D eigenvalue weighted by Crippen LogP contribution is -2.23. The van der Waals surface area contributed by atoms with Crippen LogP contribution in [0.25, 0.3) is 0 Å². The largest absolute Gasteiger partial charge is 0.383 e. The van der Waals surface area contributed by atoms with Gasteiger partial charge in [-0.15, -0.1) is 0 Å². The Labute approximate surface area is 121 Å². The van der Waals surface area contributed by atoms with Crippen molar-refractivity contribution in [3.63, 3.8) is 0 Å². The van der Waals surface area contributed by atoms with E-state index in [9.17, 15) is 0 Å². The number of methoxy groups -OCH3 is 1. The van der Waals surface area contributed by atoms with Crippen LogP contribution in [0.4, 0.5) is 11.6 Å². The molecule has 4 heteroatoms. The summed E-state index contributed by atoms with van der Waals surface area (Å²) in [5, 5.41) is 0. The Morgan fingerprint density at radius 2 is 1.65 bits per heavy atom. The van der Waals surface area contributed by atoms with Crippen molar-refractivity contribution in [3.05, 3.63) is 48.3 Å². The first-order valence-electron chi connectivity index (χ1n) is 6.91. The van der Waals surface area contributed by atoms with Gasteiger partial charge in [0.25, 0.3) is 0 Å². The third-order valence-electron chi connectivity index (χ3n) is 2.66. The van der Waals surface area contributed by atoms with Crippen LogP contribution in [0, 0.1) is 6.92 Å². The zero-order chi connectivity index (χ0) is 14.8. The third-order valence-corrected chi connectivity index (χ3v) is 2.66. The van der Waals surface area contributed by atoms with E-state index in [4.69, 9.17) is 4.74 Å². The number of hydrogen-bond donors (Lipinski definition) is 0. The minimum atomic E-state index is 0.631. The van der Waals surface area contributed by atoms with Crippen LogP contribution in [0.1, 0.15) is 19.4 Å². The summed E-state index contributed by atoms with van der Waals surface area (Å²) < 4.78 is 5.14. The standard InChI is InChI=1S/C14H17N3O.C2H6/c1-12-4-6-13(7-5-12)17(10-11-18-2)14-15-8-3-9-16-14;1-2/h3-9H,10-11H2,1-2H3;1-2H3. The number of ether oxygens (including phenoxy) is 1. The minimum absolute atomic E-state index is 0.631. The van der Waals surface area contributed by atoms with E-state index in [0.29, 0.717) is 12.6 Å². The van der Waals surface area contributed by atoms with Gasteiger partial charge in [0.15, 0.2) is 0 Å². The lowest BCUT2D eigenvalue weighted by molar-refractivity contribution is 0.207. The van der Waals surface area contributed by atoms with Crippen LogP contribution < -0.4 is 4.90 Å². The molecule has 1 aromatic heterocycles. The molecule has 0 atom stereocenters. The number of aromatic nitrogens is 2. The first-order valence-corrected chi connectivity index (χ1v) is 6.91. The summed E-state index contributed by atoms with van der Waals surface area (Å²) in [5.41, 5.74) is 2.31. The monoisotopic (exact) mass is 273 g/mol. The second-order valence-corrected chi connectivity index (χ2v) is 4.03. The van der Waals surface area contributed by atoms with Crippen molar-refractivity contribution in [2.75, 3.05) is 25.2 Å². The molecule has 0 fully saturated rings. The molecule has 108 valence electrons. The normalized spacial score (nSPS) is 9.60. The van der Waals surface area contributed by atoms with Crippen molar-refractivity contribution < 1.29 is 4.74 Å². The fourth-order valence-electron chi connectivity index (χ4n) is 1.68. The first-order chi connectivity index (χ1) is 9.81. The summed E-state index contributed by atoms with van der Waals surface area (Å²) >= 11 is 0. The SMILES string of the molecule is CC.COCCN(c1ccc(C)cc1)c1ncccn1. The molecule has 1 aromatic carbocycles. The number of nitrogens with zero attached hydrogens (tertiary/aromatic N) is 3. The molecule has 0 aliphatic heterocycles. The zero-order valence-corrected chi connectivity index (χ0v) is 12.7. The van der Waals surface area contributed by atoms with Gasteiger partial charge in [-0.3, -0.25) is 0 Å². The second kappa shape index (κ2) is 9.04. The van der Waals surface area contributed by atoms with Gasteiger partial charge in [-0.1, -0.05) is 31.5 Å². The van der Waals surface area contributed by atoms with Crippen LogP contribution in [-0.4, -0.2) is 30.2 Å². The average molecular weight is 273 g/mol. The van der Waals surface area contributed by atoms with Crippen molar-refractivity contribution in [1.29, 1.82) is 0 Å². The molecule has 0 aliphatic rings. The molecular weight excluding hydrogens is 250 g/mol. The molecule has 0 amide bonds. The van der Waals surface area contributed by atoms with E-state index in [1.54, 1.807) is 19.5 Å². The Balaban J connectivity index is 0.000000956. The van der Waals surface area contributed by atoms with Gasteiger partial charge in [0.1, 0.15) is 0 Å². The quantitative estimate of drug-likeness (QED) is 0.834. The molecule has 1 heterocycles. The van der Waals surface area contributed by atoms with Crippen molar-refractivity contribution in [3.8, 4) is 0 Å². The van der Waals surface area contributed by atoms with Crippen LogP contribution in [-0.2, 0) is 4.74 Å². The van der Waals surface area contributed by atoms with Crippen molar-refractivity contribution in [1.82, 2.24) is 9.97 Å². The highest BCUT2D eigenvalue weighted by atomic mass is 16.5. The summed E-state index contributed by atoms with van der Waals surface area (Å²) in [6.45, 7) is 7.43. The molecule has 0 saturated heterocycles. The van der Waals surface area contributed by atoms with Crippen molar-refractivity contribution >= 4 is 11.6 Å². The fraction of sp³-hybridized carbons (Fsp3) is 0.375. The predicted molar refractivity (Wildman–Crippen MR) is 83.4 cm³/mol. The molecule has 0 unspecified atom stereocenters. The van der Waals surface area contributed by atoms with Gasteiger partial charge in [0.2, 0.25) is 5.95 Å². The fourth-order valence-corrected chi connectivity index (χ4v) is 1.68. The number of hydrogen-bond acceptors (Lipinski definition) is 4. The van der Waals surface area contributed by atoms with Gasteiger partial charge in [-0.25, -0.2) is 9.97 Å². The Morgan fingerprint density at radius 1 is 1.05 bits per heavy atom. The molecule has 0 saturated carbocycles. The molecule has 20 heavy (non-hydrogen) atoms. The Bertz CT molecular complexity index is 471. The van der Waals surface area contributed by atoms with Crippen LogP contribution in [0.3, 0.4) is 0 Å². The van der Waals surface area contributed by atoms with Crippen molar-refractivity contribution in [2.24, 2.45) is 0 Å². The van der Waals surface area contributed by atoms with Crippen LogP contribution in [0.15, 0.2) is 42.7 Å². The second-order valence-electron chi connectivity index (χ2n) is 4.03. The third kappa shape index (κ3) is 4.63. The smallest absolute Gasteiger partial charge is 0.229 e. The number of aryl methyl sites for hydroxylation is 1. The molecule has 2 rings (SSSR count). The number of rotatable bonds is 5. The summed E-state index contributed by atoms with van der Waals surface area (Å²) in [4.78, 5) is 10.6. The lowest BCUT2D eigenvalue weighted by Gasteiger charge is -2.22. The maximum absolute atomic E-state index is 5.14. The Morgan fingerprint density at radius 3 is 2.20 bits per heavy atom. The molecule has 0 N–H and O–H groups in total. The van der Waals surface area contributed by atoms with Gasteiger partial charge in [0.05, 0.1) is 6.61 Å². The summed E-state index contributed by atoms with van der Waals surface area (Å²) in [6.07, 6.45) is 3.49. The maximum atomic E-state index is 5.14. The molecular formula is C16H23N3O.